The van der Waals surface area contributed by atoms with Crippen molar-refractivity contribution in [1.29, 1.82) is 0 Å². The molecule has 3 aliphatic carbocycles. The summed E-state index contributed by atoms with van der Waals surface area (Å²) in [7, 11) is 0. The fourth-order valence-corrected chi connectivity index (χ4v) is 9.14. The molecule has 1 aliphatic heterocycles. The number of esters is 2. The largest absolute Gasteiger partial charge is 0.455 e. The van der Waals surface area contributed by atoms with Crippen LogP contribution >= 0.6 is 24.0 Å². The van der Waals surface area contributed by atoms with Gasteiger partial charge < -0.3 is 29.5 Å². The van der Waals surface area contributed by atoms with E-state index in [0.717, 1.165) is 0 Å². The van der Waals surface area contributed by atoms with Crippen LogP contribution in [0.1, 0.15) is 57.8 Å². The topological polar surface area (TPSA) is 140 Å². The molecular formula is C31H38O9S2. The van der Waals surface area contributed by atoms with Crippen LogP contribution in [0, 0.1) is 22.7 Å². The molecule has 1 aromatic carbocycles. The maximum Gasteiger partial charge on any atom is 0.338 e. The number of Topliss-reactive ketones (excluding diaryl/α,β-unsaturated/α-hetero) is 1. The van der Waals surface area contributed by atoms with E-state index in [1.807, 2.05) is 0 Å². The molecule has 0 unspecified atom stereocenters. The predicted octanol–water partition coefficient (Wildman–Crippen LogP) is 3.03. The number of ether oxygens (including phenoxy) is 3. The minimum atomic E-state index is -2.02. The van der Waals surface area contributed by atoms with Crippen LogP contribution in [-0.4, -0.2) is 85.7 Å². The first-order chi connectivity index (χ1) is 19.6. The number of benzene rings is 1. The fourth-order valence-electron chi connectivity index (χ4n) is 8.17. The Hall–Kier alpha value is -2.15. The molecule has 9 nitrogen and oxygen atoms in total. The van der Waals surface area contributed by atoms with Crippen LogP contribution in [0.3, 0.4) is 0 Å². The van der Waals surface area contributed by atoms with Gasteiger partial charge in [0.25, 0.3) is 0 Å². The highest BCUT2D eigenvalue weighted by atomic mass is 32.2. The zero-order chi connectivity index (χ0) is 31.0. The van der Waals surface area contributed by atoms with Crippen LogP contribution < -0.4 is 0 Å². The highest BCUT2D eigenvalue weighted by Gasteiger charge is 2.78. The third-order valence-electron chi connectivity index (χ3n) is 10.5. The van der Waals surface area contributed by atoms with Crippen molar-refractivity contribution < 1.29 is 43.9 Å². The summed E-state index contributed by atoms with van der Waals surface area (Å²) in [6.45, 7) is 7.76. The van der Waals surface area contributed by atoms with Crippen molar-refractivity contribution in [2.24, 2.45) is 22.7 Å². The summed E-state index contributed by atoms with van der Waals surface area (Å²) >= 11 is 7.07. The maximum atomic E-state index is 14.8. The lowest BCUT2D eigenvalue weighted by Gasteiger charge is -2.68. The van der Waals surface area contributed by atoms with Gasteiger partial charge in [-0.25, -0.2) is 4.79 Å². The summed E-state index contributed by atoms with van der Waals surface area (Å²) in [4.78, 5) is 41.2. The predicted molar refractivity (Wildman–Crippen MR) is 159 cm³/mol. The van der Waals surface area contributed by atoms with Crippen LogP contribution in [-0.2, 0) is 23.8 Å². The number of carbonyl (C=O) groups excluding carboxylic acids is 3. The Kier molecular flexibility index (Phi) is 7.81. The second-order valence-corrected chi connectivity index (χ2v) is 14.3. The zero-order valence-corrected chi connectivity index (χ0v) is 26.2. The standard InChI is InChI=1S/C31H38O9S2/c1-15-19(33)13-31(37)25(39-26(36)17-10-8-7-9-11-17)23-29(5,24(35)22(34)21(15)28(31,3)4)18(27(41)42-6)12-20-30(23,14-38-20)40-16(2)32/h7-11,18-20,22-23,25,33-34,37H,12-14H2,1-6H3/t18-,19+,20-,22-,23+,25+,29-,30+,31-/m1/s1. The Labute approximate surface area is 255 Å². The van der Waals surface area contributed by atoms with Crippen LogP contribution in [0.5, 0.6) is 0 Å². The first-order valence-electron chi connectivity index (χ1n) is 14.1. The molecule has 0 radical (unpaired) electrons. The number of thioether (sulfide) groups is 1. The van der Waals surface area contributed by atoms with Crippen molar-refractivity contribution in [3.63, 3.8) is 0 Å². The van der Waals surface area contributed by atoms with Gasteiger partial charge in [-0.2, -0.15) is 0 Å². The van der Waals surface area contributed by atoms with E-state index < -0.39 is 76.0 Å². The molecule has 4 aliphatic rings. The monoisotopic (exact) mass is 618 g/mol. The molecule has 0 spiro atoms. The van der Waals surface area contributed by atoms with Crippen molar-refractivity contribution in [3.05, 3.63) is 47.0 Å². The van der Waals surface area contributed by atoms with Crippen LogP contribution in [0.25, 0.3) is 0 Å². The molecule has 0 amide bonds. The summed E-state index contributed by atoms with van der Waals surface area (Å²) in [5.41, 5.74) is -5.67. The van der Waals surface area contributed by atoms with E-state index in [0.29, 0.717) is 9.77 Å². The quantitative estimate of drug-likeness (QED) is 0.261. The third kappa shape index (κ3) is 4.18. The molecule has 1 heterocycles. The minimum Gasteiger partial charge on any atom is -0.455 e. The summed E-state index contributed by atoms with van der Waals surface area (Å²) in [6, 6.07) is 8.25. The molecule has 0 aromatic heterocycles. The number of ketones is 1. The first kappa shape index (κ1) is 31.3. The van der Waals surface area contributed by atoms with Crippen LogP contribution in [0.4, 0.5) is 0 Å². The van der Waals surface area contributed by atoms with E-state index in [2.05, 4.69) is 0 Å². The number of aliphatic hydroxyl groups is 3. The smallest absolute Gasteiger partial charge is 0.338 e. The molecule has 9 atom stereocenters. The normalized spacial score (nSPS) is 40.5. The number of hydrogen-bond donors (Lipinski definition) is 3. The highest BCUT2D eigenvalue weighted by molar-refractivity contribution is 8.22. The van der Waals surface area contributed by atoms with Gasteiger partial charge in [0.15, 0.2) is 11.4 Å². The van der Waals surface area contributed by atoms with Gasteiger partial charge >= 0.3 is 11.9 Å². The van der Waals surface area contributed by atoms with Gasteiger partial charge in [-0.05, 0) is 42.9 Å². The van der Waals surface area contributed by atoms with Crippen molar-refractivity contribution in [2.45, 2.75) is 83.1 Å². The molecule has 1 saturated heterocycles. The van der Waals surface area contributed by atoms with E-state index >= 15 is 0 Å². The van der Waals surface area contributed by atoms with Crippen molar-refractivity contribution >= 4 is 45.9 Å². The Morgan fingerprint density at radius 3 is 2.33 bits per heavy atom. The number of rotatable bonds is 4. The number of fused-ring (bicyclic) bond motifs is 5. The lowest BCUT2D eigenvalue weighted by atomic mass is 9.43. The van der Waals surface area contributed by atoms with Gasteiger partial charge in [0.05, 0.1) is 28.4 Å². The molecule has 1 aromatic rings. The lowest BCUT2D eigenvalue weighted by Crippen LogP contribution is -2.81. The van der Waals surface area contributed by atoms with Crippen molar-refractivity contribution in [2.75, 3.05) is 12.9 Å². The van der Waals surface area contributed by atoms with Gasteiger partial charge in [-0.3, -0.25) is 9.59 Å². The number of aliphatic hydroxyl groups excluding tert-OH is 2. The summed E-state index contributed by atoms with van der Waals surface area (Å²) in [5.74, 6) is -3.86. The average molecular weight is 619 g/mol. The van der Waals surface area contributed by atoms with Gasteiger partial charge in [0.1, 0.15) is 23.9 Å². The Morgan fingerprint density at radius 2 is 1.79 bits per heavy atom. The van der Waals surface area contributed by atoms with E-state index in [1.54, 1.807) is 64.3 Å². The Morgan fingerprint density at radius 1 is 1.14 bits per heavy atom. The average Bonchev–Trinajstić information content (AvgIpc) is 2.93. The molecule has 228 valence electrons. The zero-order valence-electron chi connectivity index (χ0n) is 24.6. The van der Waals surface area contributed by atoms with Crippen LogP contribution in [0.15, 0.2) is 41.5 Å². The molecule has 2 bridgehead atoms. The number of thiocarbonyl (C=S) groups is 1. The van der Waals surface area contributed by atoms with E-state index in [-0.39, 0.29) is 30.6 Å². The second kappa shape index (κ2) is 10.5. The molecule has 11 heteroatoms. The van der Waals surface area contributed by atoms with Crippen molar-refractivity contribution in [3.8, 4) is 0 Å². The first-order valence-corrected chi connectivity index (χ1v) is 15.7. The Bertz CT molecular complexity index is 1360. The number of hydrogen-bond acceptors (Lipinski definition) is 11. The van der Waals surface area contributed by atoms with E-state index in [9.17, 15) is 29.7 Å². The minimum absolute atomic E-state index is 0.111. The summed E-state index contributed by atoms with van der Waals surface area (Å²) < 4.78 is 18.8. The Balaban J connectivity index is 1.85. The maximum absolute atomic E-state index is 14.8. The SMILES string of the molecule is CSC(=S)[C@H]1C[C@H]2OC[C@@]2(OC(C)=O)[C@H]2[C@H](OC(=O)c3ccccc3)[C@]3(O)C[C@H](O)C(C)=C([C@@H](O)C(=O)[C@]12C)C3(C)C. The second-order valence-electron chi connectivity index (χ2n) is 12.7. The van der Waals surface area contributed by atoms with Crippen molar-refractivity contribution in [1.82, 2.24) is 0 Å². The fraction of sp³-hybridized carbons (Fsp3) is 0.613. The molecular weight excluding hydrogens is 580 g/mol. The van der Waals surface area contributed by atoms with Gasteiger partial charge in [-0.15, -0.1) is 11.8 Å². The highest BCUT2D eigenvalue weighted by Crippen LogP contribution is 2.65. The third-order valence-corrected chi connectivity index (χ3v) is 11.9. The summed E-state index contributed by atoms with van der Waals surface area (Å²) in [5, 5.41) is 36.0. The molecule has 3 N–H and O–H groups in total. The lowest BCUT2D eigenvalue weighted by molar-refractivity contribution is -0.336. The molecule has 42 heavy (non-hydrogen) atoms. The summed E-state index contributed by atoms with van der Waals surface area (Å²) in [6.07, 6.45) is -3.39. The molecule has 5 rings (SSSR count). The van der Waals surface area contributed by atoms with Gasteiger partial charge in [-0.1, -0.05) is 51.2 Å². The number of carbonyl (C=O) groups is 3. The molecule has 2 saturated carbocycles. The van der Waals surface area contributed by atoms with Gasteiger partial charge in [0, 0.05) is 30.1 Å². The van der Waals surface area contributed by atoms with Crippen LogP contribution in [0.2, 0.25) is 0 Å². The van der Waals surface area contributed by atoms with E-state index in [1.165, 1.54) is 18.7 Å². The molecule has 3 fully saturated rings. The van der Waals surface area contributed by atoms with Gasteiger partial charge in [0.2, 0.25) is 0 Å². The van der Waals surface area contributed by atoms with E-state index in [4.69, 9.17) is 26.4 Å².